The lowest BCUT2D eigenvalue weighted by Crippen LogP contribution is -2.25. The van der Waals surface area contributed by atoms with Gasteiger partial charge < -0.3 is 15.2 Å². The first-order valence-corrected chi connectivity index (χ1v) is 9.85. The fraction of sp³-hybridized carbons (Fsp3) is 0.250. The lowest BCUT2D eigenvalue weighted by Gasteiger charge is -2.18. The van der Waals surface area contributed by atoms with Crippen molar-refractivity contribution >= 4 is 23.4 Å². The van der Waals surface area contributed by atoms with E-state index in [1.54, 1.807) is 24.3 Å². The van der Waals surface area contributed by atoms with E-state index in [1.807, 2.05) is 43.3 Å². The zero-order chi connectivity index (χ0) is 20.4. The highest BCUT2D eigenvalue weighted by atomic mass is 16.5. The molecule has 1 aliphatic heterocycles. The van der Waals surface area contributed by atoms with Gasteiger partial charge in [-0.05, 0) is 35.2 Å². The number of rotatable bonds is 6. The van der Waals surface area contributed by atoms with Crippen LogP contribution in [0.3, 0.4) is 0 Å². The molecule has 0 spiro atoms. The molecule has 148 valence electrons. The van der Waals surface area contributed by atoms with Crippen molar-refractivity contribution in [3.05, 3.63) is 82.7 Å². The number of ketones is 1. The molecule has 2 unspecified atom stereocenters. The van der Waals surface area contributed by atoms with E-state index in [9.17, 15) is 9.59 Å². The zero-order valence-electron chi connectivity index (χ0n) is 16.3. The molecule has 29 heavy (non-hydrogen) atoms. The van der Waals surface area contributed by atoms with E-state index in [-0.39, 0.29) is 17.6 Å². The highest BCUT2D eigenvalue weighted by molar-refractivity contribution is 6.25. The summed E-state index contributed by atoms with van der Waals surface area (Å²) in [5.41, 5.74) is 9.50. The summed E-state index contributed by atoms with van der Waals surface area (Å²) in [5.74, 6) is -0.674. The third-order valence-corrected chi connectivity index (χ3v) is 5.29. The predicted molar refractivity (Wildman–Crippen MR) is 111 cm³/mol. The Morgan fingerprint density at radius 3 is 2.83 bits per heavy atom. The first-order valence-electron chi connectivity index (χ1n) is 9.85. The molecule has 5 heteroatoms. The Kier molecular flexibility index (Phi) is 5.21. The number of hydrogen-bond acceptors (Lipinski definition) is 5. The Morgan fingerprint density at radius 1 is 1.17 bits per heavy atom. The number of Topliss-reactive ketones (excluding diaryl/α,β-unsaturated/α-hetero) is 1. The van der Waals surface area contributed by atoms with Crippen LogP contribution >= 0.6 is 0 Å². The SMILES string of the molecule is CCCCOC(=O)c1cccc(C2=C(N)OC(C3C=Cc4ccccc43)C2=O)c1. The van der Waals surface area contributed by atoms with Crippen molar-refractivity contribution in [1.82, 2.24) is 0 Å². The third kappa shape index (κ3) is 3.56. The number of fused-ring (bicyclic) bond motifs is 1. The number of unbranched alkanes of at least 4 members (excludes halogenated alkanes) is 1. The van der Waals surface area contributed by atoms with Gasteiger partial charge in [0.2, 0.25) is 5.78 Å². The molecule has 0 bridgehead atoms. The van der Waals surface area contributed by atoms with Crippen LogP contribution in [0.4, 0.5) is 0 Å². The molecule has 2 atom stereocenters. The quantitative estimate of drug-likeness (QED) is 0.596. The van der Waals surface area contributed by atoms with E-state index in [1.165, 1.54) is 0 Å². The summed E-state index contributed by atoms with van der Waals surface area (Å²) in [5, 5.41) is 0. The van der Waals surface area contributed by atoms with Crippen molar-refractivity contribution < 1.29 is 19.1 Å². The van der Waals surface area contributed by atoms with Gasteiger partial charge in [-0.25, -0.2) is 4.79 Å². The van der Waals surface area contributed by atoms with Gasteiger partial charge in [0.05, 0.1) is 17.7 Å². The van der Waals surface area contributed by atoms with Crippen LogP contribution in [0.5, 0.6) is 0 Å². The average Bonchev–Trinajstić information content (AvgIpc) is 3.28. The van der Waals surface area contributed by atoms with E-state index >= 15 is 0 Å². The maximum Gasteiger partial charge on any atom is 0.338 e. The minimum Gasteiger partial charge on any atom is -0.466 e. The Labute approximate surface area is 169 Å². The van der Waals surface area contributed by atoms with Crippen molar-refractivity contribution in [2.24, 2.45) is 5.73 Å². The van der Waals surface area contributed by atoms with Crippen LogP contribution in [0.1, 0.15) is 52.7 Å². The van der Waals surface area contributed by atoms with Crippen LogP contribution in [0.2, 0.25) is 0 Å². The smallest absolute Gasteiger partial charge is 0.338 e. The van der Waals surface area contributed by atoms with E-state index in [0.717, 1.165) is 24.0 Å². The van der Waals surface area contributed by atoms with Crippen LogP contribution in [0.15, 0.2) is 60.5 Å². The minimum absolute atomic E-state index is 0.0919. The fourth-order valence-electron chi connectivity index (χ4n) is 3.77. The molecule has 4 rings (SSSR count). The van der Waals surface area contributed by atoms with Crippen LogP contribution in [-0.2, 0) is 14.3 Å². The van der Waals surface area contributed by atoms with Crippen LogP contribution in [0, 0.1) is 0 Å². The zero-order valence-corrected chi connectivity index (χ0v) is 16.3. The van der Waals surface area contributed by atoms with Gasteiger partial charge in [-0.2, -0.15) is 0 Å². The number of nitrogens with two attached hydrogens (primary N) is 1. The average molecular weight is 389 g/mol. The topological polar surface area (TPSA) is 78.6 Å². The van der Waals surface area contributed by atoms with E-state index < -0.39 is 12.1 Å². The molecule has 2 aliphatic rings. The first-order chi connectivity index (χ1) is 14.1. The first kappa shape index (κ1) is 19.0. The van der Waals surface area contributed by atoms with Crippen molar-refractivity contribution in [3.8, 4) is 0 Å². The molecular formula is C24H23NO4. The second-order valence-electron chi connectivity index (χ2n) is 7.23. The van der Waals surface area contributed by atoms with Crippen molar-refractivity contribution in [2.75, 3.05) is 6.61 Å². The van der Waals surface area contributed by atoms with Gasteiger partial charge in [0.1, 0.15) is 0 Å². The molecule has 1 heterocycles. The highest BCUT2D eigenvalue weighted by Gasteiger charge is 2.41. The van der Waals surface area contributed by atoms with Gasteiger partial charge in [-0.1, -0.05) is 61.9 Å². The second kappa shape index (κ2) is 7.95. The molecule has 1 aliphatic carbocycles. The number of benzene rings is 2. The van der Waals surface area contributed by atoms with Crippen molar-refractivity contribution in [1.29, 1.82) is 0 Å². The summed E-state index contributed by atoms with van der Waals surface area (Å²) in [7, 11) is 0. The van der Waals surface area contributed by atoms with Gasteiger partial charge in [0.15, 0.2) is 12.0 Å². The van der Waals surface area contributed by atoms with Crippen LogP contribution < -0.4 is 5.73 Å². The second-order valence-corrected chi connectivity index (χ2v) is 7.23. The maximum absolute atomic E-state index is 13.2. The molecule has 0 saturated heterocycles. The van der Waals surface area contributed by atoms with Crippen LogP contribution in [-0.4, -0.2) is 24.5 Å². The molecule has 2 aromatic rings. The molecule has 0 fully saturated rings. The monoisotopic (exact) mass is 389 g/mol. The van der Waals surface area contributed by atoms with Crippen LogP contribution in [0.25, 0.3) is 11.6 Å². The highest BCUT2D eigenvalue weighted by Crippen LogP contribution is 2.40. The summed E-state index contributed by atoms with van der Waals surface area (Å²) in [4.78, 5) is 25.5. The molecule has 2 N–H and O–H groups in total. The third-order valence-electron chi connectivity index (χ3n) is 5.29. The summed E-state index contributed by atoms with van der Waals surface area (Å²) >= 11 is 0. The molecule has 0 aromatic heterocycles. The van der Waals surface area contributed by atoms with Gasteiger partial charge in [-0.15, -0.1) is 0 Å². The Bertz CT molecular complexity index is 1020. The number of ether oxygens (including phenoxy) is 2. The minimum atomic E-state index is -0.704. The molecule has 0 saturated carbocycles. The summed E-state index contributed by atoms with van der Waals surface area (Å²) in [6.45, 7) is 2.41. The largest absolute Gasteiger partial charge is 0.466 e. The number of hydrogen-bond donors (Lipinski definition) is 1. The van der Waals surface area contributed by atoms with E-state index in [4.69, 9.17) is 15.2 Å². The van der Waals surface area contributed by atoms with E-state index in [0.29, 0.717) is 23.3 Å². The van der Waals surface area contributed by atoms with Gasteiger partial charge >= 0.3 is 5.97 Å². The van der Waals surface area contributed by atoms with Gasteiger partial charge in [-0.3, -0.25) is 4.79 Å². The number of esters is 1. The predicted octanol–water partition coefficient (Wildman–Crippen LogP) is 4.05. The Morgan fingerprint density at radius 2 is 2.00 bits per heavy atom. The normalized spacial score (nSPS) is 20.0. The Hall–Kier alpha value is -3.34. The summed E-state index contributed by atoms with van der Waals surface area (Å²) in [6, 6.07) is 14.7. The number of carbonyl (C=O) groups excluding carboxylic acids is 2. The van der Waals surface area contributed by atoms with Crippen molar-refractivity contribution in [3.63, 3.8) is 0 Å². The van der Waals surface area contributed by atoms with Gasteiger partial charge in [0.25, 0.3) is 0 Å². The van der Waals surface area contributed by atoms with Gasteiger partial charge in [0, 0.05) is 5.92 Å². The standard InChI is InChI=1S/C24H23NO4/c1-2-3-13-28-24(27)17-9-6-8-16(14-17)20-21(26)22(29-23(20)25)19-12-11-15-7-4-5-10-18(15)19/h4-12,14,19,22H,2-3,13,25H2,1H3. The lowest BCUT2D eigenvalue weighted by molar-refractivity contribution is -0.120. The van der Waals surface area contributed by atoms with Crippen molar-refractivity contribution in [2.45, 2.75) is 31.8 Å². The molecule has 0 amide bonds. The molecular weight excluding hydrogens is 366 g/mol. The lowest BCUT2D eigenvalue weighted by atomic mass is 9.89. The molecule has 5 nitrogen and oxygen atoms in total. The summed E-state index contributed by atoms with van der Waals surface area (Å²) < 4.78 is 11.1. The number of carbonyl (C=O) groups is 2. The van der Waals surface area contributed by atoms with E-state index in [2.05, 4.69) is 0 Å². The fourth-order valence-corrected chi connectivity index (χ4v) is 3.77. The summed E-state index contributed by atoms with van der Waals surface area (Å²) in [6.07, 6.45) is 5.03. The molecule has 2 aromatic carbocycles. The maximum atomic E-state index is 13.2. The molecule has 0 radical (unpaired) electrons. The Balaban J connectivity index is 1.56.